The Balaban J connectivity index is 1.87. The van der Waals surface area contributed by atoms with Crippen LogP contribution in [0, 0.1) is 5.92 Å². The SMILES string of the molecule is CCCN(Cc1cccnc1)CC1CC1. The summed E-state index contributed by atoms with van der Waals surface area (Å²) >= 11 is 0. The zero-order chi connectivity index (χ0) is 10.5. The third-order valence-electron chi connectivity index (χ3n) is 2.88. The smallest absolute Gasteiger partial charge is 0.0312 e. The zero-order valence-electron chi connectivity index (χ0n) is 9.52. The van der Waals surface area contributed by atoms with Gasteiger partial charge in [-0.1, -0.05) is 13.0 Å². The van der Waals surface area contributed by atoms with Crippen LogP contribution < -0.4 is 0 Å². The van der Waals surface area contributed by atoms with E-state index in [1.54, 1.807) is 0 Å². The van der Waals surface area contributed by atoms with E-state index in [2.05, 4.69) is 22.9 Å². The summed E-state index contributed by atoms with van der Waals surface area (Å²) in [6, 6.07) is 4.19. The van der Waals surface area contributed by atoms with Crippen molar-refractivity contribution in [2.45, 2.75) is 32.7 Å². The van der Waals surface area contributed by atoms with Crippen LogP contribution in [0.3, 0.4) is 0 Å². The molecule has 0 atom stereocenters. The van der Waals surface area contributed by atoms with Crippen molar-refractivity contribution in [2.75, 3.05) is 13.1 Å². The molecule has 0 amide bonds. The molecule has 15 heavy (non-hydrogen) atoms. The van der Waals surface area contributed by atoms with Crippen LogP contribution in [0.25, 0.3) is 0 Å². The molecule has 2 heteroatoms. The molecule has 1 aliphatic rings. The quantitative estimate of drug-likeness (QED) is 0.708. The van der Waals surface area contributed by atoms with Crippen LogP contribution in [0.1, 0.15) is 31.7 Å². The van der Waals surface area contributed by atoms with Crippen LogP contribution in [-0.4, -0.2) is 23.0 Å². The van der Waals surface area contributed by atoms with Crippen molar-refractivity contribution in [1.82, 2.24) is 9.88 Å². The Hall–Kier alpha value is -0.890. The Morgan fingerprint density at radius 1 is 1.47 bits per heavy atom. The molecule has 0 saturated heterocycles. The van der Waals surface area contributed by atoms with E-state index in [9.17, 15) is 0 Å². The van der Waals surface area contributed by atoms with Crippen LogP contribution in [0.15, 0.2) is 24.5 Å². The highest BCUT2D eigenvalue weighted by Crippen LogP contribution is 2.30. The van der Waals surface area contributed by atoms with E-state index in [0.717, 1.165) is 12.5 Å². The van der Waals surface area contributed by atoms with Gasteiger partial charge in [-0.05, 0) is 43.4 Å². The summed E-state index contributed by atoms with van der Waals surface area (Å²) in [6.45, 7) is 5.81. The summed E-state index contributed by atoms with van der Waals surface area (Å²) in [4.78, 5) is 6.73. The molecule has 0 spiro atoms. The maximum Gasteiger partial charge on any atom is 0.0312 e. The van der Waals surface area contributed by atoms with Crippen molar-refractivity contribution in [2.24, 2.45) is 5.92 Å². The predicted molar refractivity (Wildman–Crippen MR) is 62.5 cm³/mol. The van der Waals surface area contributed by atoms with Gasteiger partial charge in [-0.25, -0.2) is 0 Å². The summed E-state index contributed by atoms with van der Waals surface area (Å²) in [5.74, 6) is 0.980. The Kier molecular flexibility index (Phi) is 3.73. The zero-order valence-corrected chi connectivity index (χ0v) is 9.52. The lowest BCUT2D eigenvalue weighted by molar-refractivity contribution is 0.255. The van der Waals surface area contributed by atoms with Gasteiger partial charge in [-0.2, -0.15) is 0 Å². The Bertz CT molecular complexity index is 280. The normalized spacial score (nSPS) is 15.9. The molecule has 0 aliphatic heterocycles. The van der Waals surface area contributed by atoms with Crippen LogP contribution in [0.5, 0.6) is 0 Å². The summed E-state index contributed by atoms with van der Waals surface area (Å²) in [5.41, 5.74) is 1.34. The molecule has 2 nitrogen and oxygen atoms in total. The van der Waals surface area contributed by atoms with Crippen molar-refractivity contribution in [1.29, 1.82) is 0 Å². The van der Waals surface area contributed by atoms with Crippen LogP contribution in [0.2, 0.25) is 0 Å². The van der Waals surface area contributed by atoms with Crippen LogP contribution in [-0.2, 0) is 6.54 Å². The van der Waals surface area contributed by atoms with Crippen molar-refractivity contribution in [3.05, 3.63) is 30.1 Å². The third kappa shape index (κ3) is 3.63. The van der Waals surface area contributed by atoms with Gasteiger partial charge in [0.05, 0.1) is 0 Å². The minimum Gasteiger partial charge on any atom is -0.299 e. The largest absolute Gasteiger partial charge is 0.299 e. The lowest BCUT2D eigenvalue weighted by Gasteiger charge is -2.21. The minimum absolute atomic E-state index is 0.980. The second-order valence-electron chi connectivity index (χ2n) is 4.54. The van der Waals surface area contributed by atoms with Crippen LogP contribution >= 0.6 is 0 Å². The van der Waals surface area contributed by atoms with Crippen molar-refractivity contribution >= 4 is 0 Å². The fourth-order valence-corrected chi connectivity index (χ4v) is 1.97. The molecule has 0 N–H and O–H groups in total. The predicted octanol–water partition coefficient (Wildman–Crippen LogP) is 2.70. The Morgan fingerprint density at radius 2 is 2.33 bits per heavy atom. The average molecular weight is 204 g/mol. The van der Waals surface area contributed by atoms with Gasteiger partial charge in [0.15, 0.2) is 0 Å². The second kappa shape index (κ2) is 5.26. The number of pyridine rings is 1. The van der Waals surface area contributed by atoms with Gasteiger partial charge in [0.2, 0.25) is 0 Å². The molecular formula is C13H20N2. The van der Waals surface area contributed by atoms with Gasteiger partial charge in [0.1, 0.15) is 0 Å². The number of rotatable bonds is 6. The lowest BCUT2D eigenvalue weighted by atomic mass is 10.2. The molecule has 82 valence electrons. The number of hydrogen-bond donors (Lipinski definition) is 0. The van der Waals surface area contributed by atoms with E-state index in [4.69, 9.17) is 0 Å². The number of hydrogen-bond acceptors (Lipinski definition) is 2. The summed E-state index contributed by atoms with van der Waals surface area (Å²) < 4.78 is 0. The number of nitrogens with zero attached hydrogens (tertiary/aromatic N) is 2. The highest BCUT2D eigenvalue weighted by molar-refractivity contribution is 5.08. The third-order valence-corrected chi connectivity index (χ3v) is 2.88. The van der Waals surface area contributed by atoms with Crippen LogP contribution in [0.4, 0.5) is 0 Å². The fraction of sp³-hybridized carbons (Fsp3) is 0.615. The minimum atomic E-state index is 0.980. The highest BCUT2D eigenvalue weighted by atomic mass is 15.1. The molecule has 1 fully saturated rings. The molecular weight excluding hydrogens is 184 g/mol. The van der Waals surface area contributed by atoms with E-state index in [-0.39, 0.29) is 0 Å². The summed E-state index contributed by atoms with van der Waals surface area (Å²) in [6.07, 6.45) is 7.94. The fourth-order valence-electron chi connectivity index (χ4n) is 1.97. The van der Waals surface area contributed by atoms with Crippen molar-refractivity contribution in [3.63, 3.8) is 0 Å². The number of aromatic nitrogens is 1. The first-order valence-corrected chi connectivity index (χ1v) is 5.99. The molecule has 0 unspecified atom stereocenters. The highest BCUT2D eigenvalue weighted by Gasteiger charge is 2.23. The molecule has 0 radical (unpaired) electrons. The van der Waals surface area contributed by atoms with Gasteiger partial charge in [-0.3, -0.25) is 9.88 Å². The molecule has 0 aromatic carbocycles. The second-order valence-corrected chi connectivity index (χ2v) is 4.54. The molecule has 0 bridgehead atoms. The standard InChI is InChI=1S/C13H20N2/c1-2-8-15(10-12-5-6-12)11-13-4-3-7-14-9-13/h3-4,7,9,12H,2,5-6,8,10-11H2,1H3. The Labute approximate surface area is 92.3 Å². The Morgan fingerprint density at radius 3 is 2.93 bits per heavy atom. The van der Waals surface area contributed by atoms with Gasteiger partial charge < -0.3 is 0 Å². The monoisotopic (exact) mass is 204 g/mol. The van der Waals surface area contributed by atoms with Gasteiger partial charge in [-0.15, -0.1) is 0 Å². The molecule has 1 saturated carbocycles. The topological polar surface area (TPSA) is 16.1 Å². The lowest BCUT2D eigenvalue weighted by Crippen LogP contribution is -2.26. The van der Waals surface area contributed by atoms with Crippen molar-refractivity contribution < 1.29 is 0 Å². The van der Waals surface area contributed by atoms with E-state index in [1.165, 1.54) is 37.9 Å². The van der Waals surface area contributed by atoms with Crippen molar-refractivity contribution in [3.8, 4) is 0 Å². The average Bonchev–Trinajstić information content (AvgIpc) is 3.03. The molecule has 1 aromatic rings. The first kappa shape index (κ1) is 10.6. The first-order chi connectivity index (χ1) is 7.38. The molecule has 1 aliphatic carbocycles. The van der Waals surface area contributed by atoms with Gasteiger partial charge in [0.25, 0.3) is 0 Å². The maximum atomic E-state index is 4.17. The van der Waals surface area contributed by atoms with E-state index in [1.807, 2.05) is 18.5 Å². The van der Waals surface area contributed by atoms with Gasteiger partial charge >= 0.3 is 0 Å². The maximum absolute atomic E-state index is 4.17. The molecule has 2 rings (SSSR count). The van der Waals surface area contributed by atoms with E-state index < -0.39 is 0 Å². The molecule has 1 heterocycles. The van der Waals surface area contributed by atoms with E-state index in [0.29, 0.717) is 0 Å². The first-order valence-electron chi connectivity index (χ1n) is 5.99. The summed E-state index contributed by atoms with van der Waals surface area (Å²) in [5, 5.41) is 0. The van der Waals surface area contributed by atoms with Gasteiger partial charge in [0, 0.05) is 25.5 Å². The molecule has 1 aromatic heterocycles. The summed E-state index contributed by atoms with van der Waals surface area (Å²) in [7, 11) is 0. The van der Waals surface area contributed by atoms with E-state index >= 15 is 0 Å².